The van der Waals surface area contributed by atoms with Crippen LogP contribution in [0.2, 0.25) is 0 Å². The van der Waals surface area contributed by atoms with Crippen molar-refractivity contribution in [2.24, 2.45) is 34.0 Å². The van der Waals surface area contributed by atoms with E-state index in [1.165, 1.54) is 57.7 Å². The Labute approximate surface area is 129 Å². The van der Waals surface area contributed by atoms with Crippen molar-refractivity contribution in [2.45, 2.75) is 71.6 Å². The Morgan fingerprint density at radius 2 is 1.90 bits per heavy atom. The molecule has 1 nitrogen and oxygen atoms in total. The molecule has 3 unspecified atom stereocenters. The predicted molar refractivity (Wildman–Crippen MR) is 85.9 cm³/mol. The molecule has 0 saturated heterocycles. The zero-order chi connectivity index (χ0) is 14.9. The van der Waals surface area contributed by atoms with Crippen molar-refractivity contribution in [1.82, 2.24) is 0 Å². The molecule has 0 aromatic heterocycles. The van der Waals surface area contributed by atoms with Gasteiger partial charge < -0.3 is 4.79 Å². The Morgan fingerprint density at radius 3 is 2.67 bits per heavy atom. The number of rotatable bonds is 1. The molecular weight excluding hydrogens is 256 g/mol. The molecule has 0 aromatic rings. The van der Waals surface area contributed by atoms with Gasteiger partial charge in [0.1, 0.15) is 6.29 Å². The van der Waals surface area contributed by atoms with E-state index < -0.39 is 0 Å². The maximum absolute atomic E-state index is 11.8. The zero-order valence-corrected chi connectivity index (χ0v) is 13.8. The molecule has 1 spiro atoms. The highest BCUT2D eigenvalue weighted by molar-refractivity contribution is 5.60. The molecule has 0 amide bonds. The van der Waals surface area contributed by atoms with Crippen molar-refractivity contribution in [1.29, 1.82) is 0 Å². The van der Waals surface area contributed by atoms with E-state index >= 15 is 0 Å². The quantitative estimate of drug-likeness (QED) is 0.481. The van der Waals surface area contributed by atoms with Crippen LogP contribution in [0.4, 0.5) is 0 Å². The van der Waals surface area contributed by atoms with Gasteiger partial charge >= 0.3 is 0 Å². The molecule has 0 heterocycles. The number of hydrogen-bond donors (Lipinski definition) is 0. The second-order valence-electron chi connectivity index (χ2n) is 9.30. The molecule has 0 radical (unpaired) electrons. The number of fused-ring (bicyclic) bond motifs is 3. The van der Waals surface area contributed by atoms with E-state index in [-0.39, 0.29) is 5.41 Å². The summed E-state index contributed by atoms with van der Waals surface area (Å²) in [5, 5.41) is 0. The second kappa shape index (κ2) is 4.24. The van der Waals surface area contributed by atoms with Crippen molar-refractivity contribution in [3.63, 3.8) is 0 Å². The minimum absolute atomic E-state index is 0.0545. The average Bonchev–Trinajstić information content (AvgIpc) is 2.68. The van der Waals surface area contributed by atoms with Gasteiger partial charge in [-0.15, -0.1) is 0 Å². The molecule has 21 heavy (non-hydrogen) atoms. The third-order valence-electron chi connectivity index (χ3n) is 8.37. The van der Waals surface area contributed by atoms with Crippen LogP contribution in [0.5, 0.6) is 0 Å². The van der Waals surface area contributed by atoms with Crippen molar-refractivity contribution in [3.05, 3.63) is 12.2 Å². The fraction of sp³-hybridized carbons (Fsp3) is 0.850. The maximum Gasteiger partial charge on any atom is 0.126 e. The van der Waals surface area contributed by atoms with Crippen LogP contribution < -0.4 is 0 Å². The summed E-state index contributed by atoms with van der Waals surface area (Å²) in [6.45, 7) is 9.19. The second-order valence-corrected chi connectivity index (χ2v) is 9.30. The Bertz CT molecular complexity index is 494. The SMILES string of the molecule is C=C1C[C@@]23CCC4[C@@](C)(CCC[C@@]4(C)C=O)C2CCC1C3. The zero-order valence-electron chi connectivity index (χ0n) is 13.8. The van der Waals surface area contributed by atoms with Crippen LogP contribution in [0.1, 0.15) is 71.6 Å². The topological polar surface area (TPSA) is 17.1 Å². The summed E-state index contributed by atoms with van der Waals surface area (Å²) in [5.74, 6) is 2.29. The number of allylic oxidation sites excluding steroid dienone is 1. The van der Waals surface area contributed by atoms with E-state index in [0.29, 0.717) is 16.7 Å². The highest BCUT2D eigenvalue weighted by Crippen LogP contribution is 2.71. The van der Waals surface area contributed by atoms with Crippen LogP contribution in [0.15, 0.2) is 12.2 Å². The third-order valence-corrected chi connectivity index (χ3v) is 8.37. The largest absolute Gasteiger partial charge is 0.303 e. The fourth-order valence-corrected chi connectivity index (χ4v) is 7.54. The van der Waals surface area contributed by atoms with Gasteiger partial charge in [0.25, 0.3) is 0 Å². The number of hydrogen-bond acceptors (Lipinski definition) is 1. The molecule has 0 aliphatic heterocycles. The van der Waals surface area contributed by atoms with Gasteiger partial charge in [-0.3, -0.25) is 0 Å². The third kappa shape index (κ3) is 1.67. The van der Waals surface area contributed by atoms with Crippen molar-refractivity contribution >= 4 is 6.29 Å². The van der Waals surface area contributed by atoms with E-state index in [0.717, 1.165) is 18.3 Å². The first-order valence-electron chi connectivity index (χ1n) is 9.08. The van der Waals surface area contributed by atoms with Gasteiger partial charge in [-0.05, 0) is 80.0 Å². The standard InChI is InChI=1S/C20H30O/c1-14-11-20-10-7-16-18(2,13-21)8-4-9-19(16,3)17(20)6-5-15(14)12-20/h13,15-17H,1,4-12H2,2-3H3/t15?,16?,17?,18-,19+,20+/m0/s1. The van der Waals surface area contributed by atoms with E-state index in [1.807, 2.05) is 0 Å². The minimum atomic E-state index is -0.0545. The molecule has 1 heteroatoms. The first-order valence-corrected chi connectivity index (χ1v) is 9.08. The Morgan fingerprint density at radius 1 is 1.10 bits per heavy atom. The maximum atomic E-state index is 11.8. The molecule has 0 aromatic carbocycles. The van der Waals surface area contributed by atoms with E-state index in [1.54, 1.807) is 5.57 Å². The van der Waals surface area contributed by atoms with Crippen LogP contribution in [-0.4, -0.2) is 6.29 Å². The van der Waals surface area contributed by atoms with Crippen molar-refractivity contribution < 1.29 is 4.79 Å². The van der Waals surface area contributed by atoms with Crippen molar-refractivity contribution in [2.75, 3.05) is 0 Å². The molecule has 116 valence electrons. The molecule has 6 atom stereocenters. The van der Waals surface area contributed by atoms with E-state index in [4.69, 9.17) is 0 Å². The lowest BCUT2D eigenvalue weighted by Gasteiger charge is -2.63. The van der Waals surface area contributed by atoms with E-state index in [2.05, 4.69) is 20.4 Å². The molecule has 4 aliphatic rings. The molecule has 2 bridgehead atoms. The van der Waals surface area contributed by atoms with Crippen LogP contribution in [0.3, 0.4) is 0 Å². The summed E-state index contributed by atoms with van der Waals surface area (Å²) < 4.78 is 0. The first kappa shape index (κ1) is 14.0. The molecule has 4 saturated carbocycles. The van der Waals surface area contributed by atoms with Crippen LogP contribution in [0, 0.1) is 34.0 Å². The van der Waals surface area contributed by atoms with Crippen LogP contribution in [0.25, 0.3) is 0 Å². The smallest absolute Gasteiger partial charge is 0.126 e. The summed E-state index contributed by atoms with van der Waals surface area (Å²) in [6, 6.07) is 0. The summed E-state index contributed by atoms with van der Waals surface area (Å²) in [4.78, 5) is 11.8. The Balaban J connectivity index is 1.75. The number of carbonyl (C=O) groups is 1. The monoisotopic (exact) mass is 286 g/mol. The highest BCUT2D eigenvalue weighted by atomic mass is 16.1. The lowest BCUT2D eigenvalue weighted by Crippen LogP contribution is -2.56. The normalized spacial score (nSPS) is 55.7. The molecule has 4 fully saturated rings. The molecule has 0 N–H and O–H groups in total. The summed E-state index contributed by atoms with van der Waals surface area (Å²) >= 11 is 0. The van der Waals surface area contributed by atoms with Gasteiger partial charge in [0.05, 0.1) is 0 Å². The van der Waals surface area contributed by atoms with E-state index in [9.17, 15) is 4.79 Å². The first-order chi connectivity index (χ1) is 9.94. The lowest BCUT2D eigenvalue weighted by atomic mass is 9.41. The predicted octanol–water partition coefficient (Wildman–Crippen LogP) is 5.15. The van der Waals surface area contributed by atoms with Gasteiger partial charge in [-0.2, -0.15) is 0 Å². The highest BCUT2D eigenvalue weighted by Gasteiger charge is 2.63. The Kier molecular flexibility index (Phi) is 2.83. The summed E-state index contributed by atoms with van der Waals surface area (Å²) in [5.41, 5.74) is 2.46. The molecule has 4 rings (SSSR count). The fourth-order valence-electron chi connectivity index (χ4n) is 7.54. The minimum Gasteiger partial charge on any atom is -0.303 e. The number of carbonyl (C=O) groups excluding carboxylic acids is 1. The summed E-state index contributed by atoms with van der Waals surface area (Å²) in [7, 11) is 0. The summed E-state index contributed by atoms with van der Waals surface area (Å²) in [6.07, 6.45) is 13.1. The Hall–Kier alpha value is -0.590. The molecular formula is C20H30O. The average molecular weight is 286 g/mol. The number of aldehydes is 1. The van der Waals surface area contributed by atoms with Crippen LogP contribution >= 0.6 is 0 Å². The molecule has 4 aliphatic carbocycles. The van der Waals surface area contributed by atoms with Crippen molar-refractivity contribution in [3.8, 4) is 0 Å². The van der Waals surface area contributed by atoms with Gasteiger partial charge in [-0.25, -0.2) is 0 Å². The van der Waals surface area contributed by atoms with Crippen LogP contribution in [-0.2, 0) is 4.79 Å². The lowest BCUT2D eigenvalue weighted by molar-refractivity contribution is -0.157. The van der Waals surface area contributed by atoms with Gasteiger partial charge in [-0.1, -0.05) is 32.4 Å². The van der Waals surface area contributed by atoms with Gasteiger partial charge in [0.2, 0.25) is 0 Å². The van der Waals surface area contributed by atoms with Gasteiger partial charge in [0.15, 0.2) is 0 Å². The van der Waals surface area contributed by atoms with Gasteiger partial charge in [0, 0.05) is 5.41 Å².